The molecule has 2 aliphatic rings. The van der Waals surface area contributed by atoms with Crippen LogP contribution >= 0.6 is 0 Å². The minimum atomic E-state index is 0.875. The van der Waals surface area contributed by atoms with Crippen molar-refractivity contribution in [2.24, 2.45) is 11.7 Å². The van der Waals surface area contributed by atoms with E-state index in [1.54, 1.807) is 0 Å². The molecule has 2 N–H and O–H groups in total. The molecule has 0 atom stereocenters. The number of hydrogen-bond donors (Lipinski definition) is 1. The lowest BCUT2D eigenvalue weighted by Gasteiger charge is -2.43. The first kappa shape index (κ1) is 9.47. The first-order valence-electron chi connectivity index (χ1n) is 5.84. The van der Waals surface area contributed by atoms with Crippen LogP contribution in [0.1, 0.15) is 38.5 Å². The summed E-state index contributed by atoms with van der Waals surface area (Å²) in [5.74, 6) is 0.976. The van der Waals surface area contributed by atoms with Gasteiger partial charge in [0, 0.05) is 19.1 Å². The maximum Gasteiger partial charge on any atom is 0.00955 e. The smallest absolute Gasteiger partial charge is 0.00955 e. The lowest BCUT2D eigenvalue weighted by molar-refractivity contribution is 0.0499. The van der Waals surface area contributed by atoms with Gasteiger partial charge in [-0.25, -0.2) is 0 Å². The summed E-state index contributed by atoms with van der Waals surface area (Å²) in [6, 6.07) is 0.953. The zero-order chi connectivity index (χ0) is 9.10. The molecule has 0 amide bonds. The largest absolute Gasteiger partial charge is 0.330 e. The fraction of sp³-hybridized carbons (Fsp3) is 1.00. The lowest BCUT2D eigenvalue weighted by Crippen LogP contribution is -2.51. The van der Waals surface area contributed by atoms with Gasteiger partial charge in [0.1, 0.15) is 0 Å². The molecular formula is C11H22N2. The summed E-state index contributed by atoms with van der Waals surface area (Å²) in [4.78, 5) is 2.69. The van der Waals surface area contributed by atoms with E-state index in [-0.39, 0.29) is 0 Å². The first-order valence-corrected chi connectivity index (χ1v) is 5.84. The molecule has 2 rings (SSSR count). The van der Waals surface area contributed by atoms with Gasteiger partial charge in [-0.3, -0.25) is 4.90 Å². The number of nitrogens with two attached hydrogens (primary N) is 1. The van der Waals surface area contributed by atoms with Crippen LogP contribution in [0.2, 0.25) is 0 Å². The molecule has 2 nitrogen and oxygen atoms in total. The third-order valence-corrected chi connectivity index (χ3v) is 3.64. The molecule has 1 saturated carbocycles. The third-order valence-electron chi connectivity index (χ3n) is 3.64. The molecule has 0 aromatic heterocycles. The molecule has 0 aromatic carbocycles. The second-order valence-electron chi connectivity index (χ2n) is 4.69. The fourth-order valence-electron chi connectivity index (χ4n) is 2.77. The molecule has 2 fully saturated rings. The monoisotopic (exact) mass is 182 g/mol. The normalized spacial score (nSPS) is 26.5. The number of likely N-dealkylation sites (tertiary alicyclic amines) is 1. The molecule has 1 aliphatic carbocycles. The Morgan fingerprint density at radius 2 is 1.85 bits per heavy atom. The van der Waals surface area contributed by atoms with Crippen molar-refractivity contribution in [1.82, 2.24) is 4.90 Å². The Morgan fingerprint density at radius 3 is 2.46 bits per heavy atom. The van der Waals surface area contributed by atoms with E-state index in [9.17, 15) is 0 Å². The molecule has 13 heavy (non-hydrogen) atoms. The Kier molecular flexibility index (Phi) is 3.23. The highest BCUT2D eigenvalue weighted by atomic mass is 15.2. The van der Waals surface area contributed by atoms with Crippen LogP contribution in [0.25, 0.3) is 0 Å². The predicted octanol–water partition coefficient (Wildman–Crippen LogP) is 1.60. The number of hydrogen-bond acceptors (Lipinski definition) is 2. The highest BCUT2D eigenvalue weighted by Crippen LogP contribution is 2.30. The van der Waals surface area contributed by atoms with Gasteiger partial charge in [0.2, 0.25) is 0 Å². The van der Waals surface area contributed by atoms with Crippen LogP contribution in [-0.2, 0) is 0 Å². The SMILES string of the molecule is NCCCC1CN(C2CCCC2)C1. The van der Waals surface area contributed by atoms with E-state index in [0.717, 1.165) is 18.5 Å². The van der Waals surface area contributed by atoms with Crippen molar-refractivity contribution < 1.29 is 0 Å². The Labute approximate surface area is 81.5 Å². The second-order valence-corrected chi connectivity index (χ2v) is 4.69. The van der Waals surface area contributed by atoms with Crippen molar-refractivity contribution in [3.05, 3.63) is 0 Å². The molecule has 2 heteroatoms. The maximum absolute atomic E-state index is 5.50. The Bertz CT molecular complexity index is 146. The zero-order valence-electron chi connectivity index (χ0n) is 8.54. The van der Waals surface area contributed by atoms with Crippen molar-refractivity contribution in [3.8, 4) is 0 Å². The van der Waals surface area contributed by atoms with Crippen LogP contribution in [0.4, 0.5) is 0 Å². The molecule has 0 radical (unpaired) electrons. The van der Waals surface area contributed by atoms with Crippen molar-refractivity contribution in [1.29, 1.82) is 0 Å². The zero-order valence-corrected chi connectivity index (χ0v) is 8.54. The summed E-state index contributed by atoms with van der Waals surface area (Å²) in [7, 11) is 0. The molecule has 1 aliphatic heterocycles. The van der Waals surface area contributed by atoms with Gasteiger partial charge in [-0.1, -0.05) is 12.8 Å². The Hall–Kier alpha value is -0.0800. The van der Waals surface area contributed by atoms with E-state index < -0.39 is 0 Å². The average molecular weight is 182 g/mol. The molecule has 0 aromatic rings. The minimum Gasteiger partial charge on any atom is -0.330 e. The Morgan fingerprint density at radius 1 is 1.15 bits per heavy atom. The third kappa shape index (κ3) is 2.23. The van der Waals surface area contributed by atoms with E-state index in [0.29, 0.717) is 0 Å². The van der Waals surface area contributed by atoms with Crippen molar-refractivity contribution >= 4 is 0 Å². The van der Waals surface area contributed by atoms with Gasteiger partial charge in [0.25, 0.3) is 0 Å². The van der Waals surface area contributed by atoms with Gasteiger partial charge in [-0.05, 0) is 38.1 Å². The van der Waals surface area contributed by atoms with Gasteiger partial charge in [-0.15, -0.1) is 0 Å². The van der Waals surface area contributed by atoms with Crippen LogP contribution in [0, 0.1) is 5.92 Å². The predicted molar refractivity (Wildman–Crippen MR) is 55.6 cm³/mol. The standard InChI is InChI=1S/C11H22N2/c12-7-3-4-10-8-13(9-10)11-5-1-2-6-11/h10-11H,1-9,12H2. The lowest BCUT2D eigenvalue weighted by atomic mass is 9.92. The molecule has 1 saturated heterocycles. The summed E-state index contributed by atoms with van der Waals surface area (Å²) < 4.78 is 0. The van der Waals surface area contributed by atoms with Crippen LogP contribution in [0.15, 0.2) is 0 Å². The van der Waals surface area contributed by atoms with Gasteiger partial charge >= 0.3 is 0 Å². The minimum absolute atomic E-state index is 0.875. The topological polar surface area (TPSA) is 29.3 Å². The van der Waals surface area contributed by atoms with Crippen LogP contribution in [-0.4, -0.2) is 30.6 Å². The molecule has 0 spiro atoms. The van der Waals surface area contributed by atoms with E-state index >= 15 is 0 Å². The fourth-order valence-corrected chi connectivity index (χ4v) is 2.77. The maximum atomic E-state index is 5.50. The molecular weight excluding hydrogens is 160 g/mol. The van der Waals surface area contributed by atoms with Gasteiger partial charge < -0.3 is 5.73 Å². The molecule has 0 bridgehead atoms. The van der Waals surface area contributed by atoms with Gasteiger partial charge in [0.15, 0.2) is 0 Å². The summed E-state index contributed by atoms with van der Waals surface area (Å²) >= 11 is 0. The number of nitrogens with zero attached hydrogens (tertiary/aromatic N) is 1. The van der Waals surface area contributed by atoms with Crippen molar-refractivity contribution in [3.63, 3.8) is 0 Å². The Balaban J connectivity index is 1.60. The van der Waals surface area contributed by atoms with Crippen molar-refractivity contribution in [2.45, 2.75) is 44.6 Å². The van der Waals surface area contributed by atoms with Crippen LogP contribution in [0.3, 0.4) is 0 Å². The van der Waals surface area contributed by atoms with E-state index in [2.05, 4.69) is 4.90 Å². The summed E-state index contributed by atoms with van der Waals surface area (Å²) in [6.45, 7) is 3.61. The van der Waals surface area contributed by atoms with Crippen LogP contribution < -0.4 is 5.73 Å². The van der Waals surface area contributed by atoms with Crippen molar-refractivity contribution in [2.75, 3.05) is 19.6 Å². The summed E-state index contributed by atoms with van der Waals surface area (Å²) in [5.41, 5.74) is 5.50. The van der Waals surface area contributed by atoms with E-state index in [1.165, 1.54) is 51.6 Å². The average Bonchev–Trinajstić information content (AvgIpc) is 2.54. The highest BCUT2D eigenvalue weighted by molar-refractivity contribution is 4.87. The summed E-state index contributed by atoms with van der Waals surface area (Å²) in [6.07, 6.45) is 8.44. The highest BCUT2D eigenvalue weighted by Gasteiger charge is 2.32. The second kappa shape index (κ2) is 4.43. The molecule has 0 unspecified atom stereocenters. The molecule has 76 valence electrons. The van der Waals surface area contributed by atoms with E-state index in [1.807, 2.05) is 0 Å². The van der Waals surface area contributed by atoms with Gasteiger partial charge in [-0.2, -0.15) is 0 Å². The first-order chi connectivity index (χ1) is 6.40. The number of rotatable bonds is 4. The van der Waals surface area contributed by atoms with Crippen LogP contribution in [0.5, 0.6) is 0 Å². The summed E-state index contributed by atoms with van der Waals surface area (Å²) in [5, 5.41) is 0. The van der Waals surface area contributed by atoms with E-state index in [4.69, 9.17) is 5.73 Å². The van der Waals surface area contributed by atoms with Gasteiger partial charge in [0.05, 0.1) is 0 Å². The molecule has 1 heterocycles. The quantitative estimate of drug-likeness (QED) is 0.715.